The van der Waals surface area contributed by atoms with E-state index in [4.69, 9.17) is 15.2 Å². The molecular formula is C12H17FN2O4S. The Labute approximate surface area is 117 Å². The summed E-state index contributed by atoms with van der Waals surface area (Å²) in [6, 6.07) is 1.87. The number of rotatable bonds is 5. The van der Waals surface area contributed by atoms with E-state index in [2.05, 4.69) is 4.72 Å². The number of anilines is 1. The summed E-state index contributed by atoms with van der Waals surface area (Å²) in [5.41, 5.74) is 5.51. The molecule has 1 aromatic rings. The molecule has 112 valence electrons. The largest absolute Gasteiger partial charge is 0.492 e. The minimum Gasteiger partial charge on any atom is -0.492 e. The molecule has 0 radical (unpaired) electrons. The Morgan fingerprint density at radius 1 is 1.35 bits per heavy atom. The molecule has 0 atom stereocenters. The molecule has 1 aromatic carbocycles. The van der Waals surface area contributed by atoms with E-state index in [-0.39, 0.29) is 28.5 Å². The number of sulfonamides is 1. The molecule has 8 heteroatoms. The normalized spacial score (nSPS) is 22.4. The fourth-order valence-electron chi connectivity index (χ4n) is 2.10. The van der Waals surface area contributed by atoms with Crippen molar-refractivity contribution >= 4 is 15.7 Å². The van der Waals surface area contributed by atoms with Gasteiger partial charge in [-0.15, -0.1) is 0 Å². The predicted octanol–water partition coefficient (Wildman–Crippen LogP) is 0.872. The van der Waals surface area contributed by atoms with Gasteiger partial charge in [0, 0.05) is 13.2 Å². The van der Waals surface area contributed by atoms with Crippen LogP contribution in [0.2, 0.25) is 0 Å². The molecule has 1 aliphatic rings. The predicted molar refractivity (Wildman–Crippen MR) is 71.5 cm³/mol. The molecule has 0 saturated heterocycles. The van der Waals surface area contributed by atoms with E-state index in [0.29, 0.717) is 12.8 Å². The second-order valence-corrected chi connectivity index (χ2v) is 6.39. The maximum absolute atomic E-state index is 13.7. The maximum Gasteiger partial charge on any atom is 0.241 e. The van der Waals surface area contributed by atoms with Gasteiger partial charge in [0.15, 0.2) is 11.6 Å². The lowest BCUT2D eigenvalue weighted by molar-refractivity contribution is 0.0236. The van der Waals surface area contributed by atoms with Gasteiger partial charge in [-0.05, 0) is 25.0 Å². The van der Waals surface area contributed by atoms with Crippen molar-refractivity contribution in [2.45, 2.75) is 29.9 Å². The zero-order chi connectivity index (χ0) is 14.9. The number of nitrogens with one attached hydrogen (secondary N) is 1. The molecule has 0 bridgehead atoms. The van der Waals surface area contributed by atoms with Crippen molar-refractivity contribution in [1.29, 1.82) is 0 Å². The molecule has 1 aliphatic carbocycles. The number of ether oxygens (including phenoxy) is 2. The van der Waals surface area contributed by atoms with Gasteiger partial charge < -0.3 is 15.2 Å². The van der Waals surface area contributed by atoms with Gasteiger partial charge in [-0.1, -0.05) is 0 Å². The quantitative estimate of drug-likeness (QED) is 0.788. The average Bonchev–Trinajstić information content (AvgIpc) is 2.32. The van der Waals surface area contributed by atoms with E-state index < -0.39 is 15.8 Å². The summed E-state index contributed by atoms with van der Waals surface area (Å²) < 4.78 is 50.2. The first-order valence-electron chi connectivity index (χ1n) is 6.05. The molecule has 0 aromatic heterocycles. The molecule has 1 fully saturated rings. The van der Waals surface area contributed by atoms with E-state index in [1.165, 1.54) is 13.2 Å². The first kappa shape index (κ1) is 15.0. The van der Waals surface area contributed by atoms with Crippen LogP contribution in [0.15, 0.2) is 17.0 Å². The molecule has 0 amide bonds. The van der Waals surface area contributed by atoms with Crippen LogP contribution in [-0.2, 0) is 14.8 Å². The molecule has 6 nitrogen and oxygen atoms in total. The fraction of sp³-hybridized carbons (Fsp3) is 0.500. The standard InChI is InChI=1S/C12H17FN2O4S/c1-18-8-3-7(4-8)15-20(16,17)9-5-10(13)12(19-2)11(14)6-9/h5-8,15H,3-4,14H2,1-2H3. The first-order valence-corrected chi connectivity index (χ1v) is 7.54. The van der Waals surface area contributed by atoms with Crippen molar-refractivity contribution in [3.63, 3.8) is 0 Å². The third kappa shape index (κ3) is 2.87. The van der Waals surface area contributed by atoms with Gasteiger partial charge in [-0.2, -0.15) is 0 Å². The number of nitrogen functional groups attached to an aromatic ring is 1. The Bertz CT molecular complexity index is 576. The van der Waals surface area contributed by atoms with E-state index in [0.717, 1.165) is 6.07 Å². The van der Waals surface area contributed by atoms with Crippen LogP contribution in [0.5, 0.6) is 5.75 Å². The van der Waals surface area contributed by atoms with Gasteiger partial charge in [0.1, 0.15) is 0 Å². The van der Waals surface area contributed by atoms with Crippen molar-refractivity contribution in [3.05, 3.63) is 17.9 Å². The molecule has 2 rings (SSSR count). The number of methoxy groups -OCH3 is 2. The van der Waals surface area contributed by atoms with Crippen molar-refractivity contribution in [1.82, 2.24) is 4.72 Å². The Balaban J connectivity index is 2.18. The molecule has 3 N–H and O–H groups in total. The van der Waals surface area contributed by atoms with E-state index in [1.54, 1.807) is 7.11 Å². The zero-order valence-corrected chi connectivity index (χ0v) is 12.0. The van der Waals surface area contributed by atoms with Crippen molar-refractivity contribution < 1.29 is 22.3 Å². The van der Waals surface area contributed by atoms with Crippen molar-refractivity contribution in [2.75, 3.05) is 20.0 Å². The van der Waals surface area contributed by atoms with Gasteiger partial charge in [-0.25, -0.2) is 17.5 Å². The minimum atomic E-state index is -3.80. The molecule has 1 saturated carbocycles. The second kappa shape index (κ2) is 5.55. The highest BCUT2D eigenvalue weighted by molar-refractivity contribution is 7.89. The molecule has 0 unspecified atom stereocenters. The summed E-state index contributed by atoms with van der Waals surface area (Å²) in [5, 5.41) is 0. The summed E-state index contributed by atoms with van der Waals surface area (Å²) in [5.74, 6) is -0.969. The Kier molecular flexibility index (Phi) is 4.17. The first-order chi connectivity index (χ1) is 9.37. The Morgan fingerprint density at radius 2 is 2.00 bits per heavy atom. The highest BCUT2D eigenvalue weighted by Gasteiger charge is 2.33. The number of nitrogens with two attached hydrogens (primary N) is 1. The zero-order valence-electron chi connectivity index (χ0n) is 11.2. The van der Waals surface area contributed by atoms with Crippen LogP contribution in [0.1, 0.15) is 12.8 Å². The van der Waals surface area contributed by atoms with Crippen LogP contribution in [0.4, 0.5) is 10.1 Å². The highest BCUT2D eigenvalue weighted by Crippen LogP contribution is 2.30. The summed E-state index contributed by atoms with van der Waals surface area (Å²) in [6.07, 6.45) is 1.27. The third-order valence-corrected chi connectivity index (χ3v) is 4.81. The number of hydrogen-bond acceptors (Lipinski definition) is 5. The monoisotopic (exact) mass is 304 g/mol. The van der Waals surface area contributed by atoms with Gasteiger partial charge in [0.25, 0.3) is 0 Å². The lowest BCUT2D eigenvalue weighted by Crippen LogP contribution is -2.47. The Morgan fingerprint density at radius 3 is 2.50 bits per heavy atom. The van der Waals surface area contributed by atoms with Crippen molar-refractivity contribution in [2.24, 2.45) is 0 Å². The van der Waals surface area contributed by atoms with Gasteiger partial charge in [-0.3, -0.25) is 0 Å². The average molecular weight is 304 g/mol. The van der Waals surface area contributed by atoms with Crippen LogP contribution in [0.25, 0.3) is 0 Å². The number of hydrogen-bond donors (Lipinski definition) is 2. The van der Waals surface area contributed by atoms with E-state index >= 15 is 0 Å². The molecule has 0 heterocycles. The third-order valence-electron chi connectivity index (χ3n) is 3.31. The van der Waals surface area contributed by atoms with E-state index in [9.17, 15) is 12.8 Å². The van der Waals surface area contributed by atoms with Gasteiger partial charge in [0.05, 0.1) is 23.8 Å². The van der Waals surface area contributed by atoms with Gasteiger partial charge >= 0.3 is 0 Å². The summed E-state index contributed by atoms with van der Waals surface area (Å²) in [6.45, 7) is 0. The molecule has 20 heavy (non-hydrogen) atoms. The number of halogens is 1. The lowest BCUT2D eigenvalue weighted by Gasteiger charge is -2.34. The SMILES string of the molecule is COc1c(N)cc(S(=O)(=O)NC2CC(OC)C2)cc1F. The lowest BCUT2D eigenvalue weighted by atomic mass is 9.90. The molecule has 0 spiro atoms. The number of benzene rings is 1. The van der Waals surface area contributed by atoms with Crippen LogP contribution in [0.3, 0.4) is 0 Å². The summed E-state index contributed by atoms with van der Waals surface area (Å²) >= 11 is 0. The smallest absolute Gasteiger partial charge is 0.241 e. The summed E-state index contributed by atoms with van der Waals surface area (Å²) in [4.78, 5) is -0.214. The van der Waals surface area contributed by atoms with Crippen molar-refractivity contribution in [3.8, 4) is 5.75 Å². The minimum absolute atomic E-state index is 0.0590. The maximum atomic E-state index is 13.7. The van der Waals surface area contributed by atoms with E-state index in [1.807, 2.05) is 0 Å². The van der Waals surface area contributed by atoms with Crippen LogP contribution in [0, 0.1) is 5.82 Å². The second-order valence-electron chi connectivity index (χ2n) is 4.67. The fourth-order valence-corrected chi connectivity index (χ4v) is 3.41. The summed E-state index contributed by atoms with van der Waals surface area (Å²) in [7, 11) is -0.960. The van der Waals surface area contributed by atoms with Crippen LogP contribution < -0.4 is 15.2 Å². The molecular weight excluding hydrogens is 287 g/mol. The molecule has 0 aliphatic heterocycles. The Hall–Kier alpha value is -1.38. The van der Waals surface area contributed by atoms with Crippen LogP contribution in [-0.4, -0.2) is 34.8 Å². The van der Waals surface area contributed by atoms with Gasteiger partial charge in [0.2, 0.25) is 10.0 Å². The van der Waals surface area contributed by atoms with Crippen LogP contribution >= 0.6 is 0 Å². The highest BCUT2D eigenvalue weighted by atomic mass is 32.2. The topological polar surface area (TPSA) is 90.7 Å².